The van der Waals surface area contributed by atoms with Gasteiger partial charge in [0.1, 0.15) is 11.5 Å². The van der Waals surface area contributed by atoms with E-state index in [0.717, 1.165) is 11.8 Å². The van der Waals surface area contributed by atoms with Gasteiger partial charge in [0.2, 0.25) is 0 Å². The van der Waals surface area contributed by atoms with Crippen LogP contribution in [-0.2, 0) is 6.54 Å². The van der Waals surface area contributed by atoms with Crippen LogP contribution in [0.2, 0.25) is 0 Å². The lowest BCUT2D eigenvalue weighted by Gasteiger charge is -2.14. The van der Waals surface area contributed by atoms with Gasteiger partial charge in [-0.15, -0.1) is 0 Å². The van der Waals surface area contributed by atoms with Crippen molar-refractivity contribution >= 4 is 10.8 Å². The number of nitrogens with two attached hydrogens (primary N) is 1. The largest absolute Gasteiger partial charge is 0.497 e. The molecule has 0 amide bonds. The van der Waals surface area contributed by atoms with Gasteiger partial charge in [0.15, 0.2) is 0 Å². The summed E-state index contributed by atoms with van der Waals surface area (Å²) >= 11 is 0. The molecule has 1 atom stereocenters. The van der Waals surface area contributed by atoms with Crippen molar-refractivity contribution in [1.29, 1.82) is 0 Å². The molecule has 2 aromatic rings. The molecule has 1 unspecified atom stereocenters. The van der Waals surface area contributed by atoms with E-state index in [2.05, 4.69) is 0 Å². The van der Waals surface area contributed by atoms with E-state index in [9.17, 15) is 4.79 Å². The molecular formula is C15H20N2O3. The highest BCUT2D eigenvalue weighted by atomic mass is 16.5. The molecule has 108 valence electrons. The van der Waals surface area contributed by atoms with Crippen LogP contribution in [0.1, 0.15) is 13.3 Å². The Labute approximate surface area is 117 Å². The van der Waals surface area contributed by atoms with Gasteiger partial charge < -0.3 is 19.8 Å². The summed E-state index contributed by atoms with van der Waals surface area (Å²) in [6.45, 7) is 2.51. The Morgan fingerprint density at radius 3 is 2.60 bits per heavy atom. The van der Waals surface area contributed by atoms with Crippen LogP contribution in [0, 0.1) is 0 Å². The van der Waals surface area contributed by atoms with Crippen LogP contribution in [0.15, 0.2) is 29.2 Å². The van der Waals surface area contributed by atoms with Crippen LogP contribution >= 0.6 is 0 Å². The molecule has 0 saturated heterocycles. The van der Waals surface area contributed by atoms with Crippen molar-refractivity contribution in [2.45, 2.75) is 25.9 Å². The van der Waals surface area contributed by atoms with Crippen LogP contribution in [0.5, 0.6) is 11.5 Å². The predicted molar refractivity (Wildman–Crippen MR) is 79.6 cm³/mol. The standard InChI is InChI=1S/C15H20N2O3/c1-4-10(16)9-17-6-5-12-13(15(17)18)7-11(19-2)8-14(12)20-3/h5-8,10H,4,9,16H2,1-3H3. The second-order valence-corrected chi connectivity index (χ2v) is 4.73. The van der Waals surface area contributed by atoms with E-state index >= 15 is 0 Å². The van der Waals surface area contributed by atoms with Gasteiger partial charge in [-0.25, -0.2) is 0 Å². The molecule has 5 heteroatoms. The van der Waals surface area contributed by atoms with Crippen molar-refractivity contribution in [2.75, 3.05) is 14.2 Å². The summed E-state index contributed by atoms with van der Waals surface area (Å²) in [5.41, 5.74) is 5.84. The minimum absolute atomic E-state index is 0.0300. The summed E-state index contributed by atoms with van der Waals surface area (Å²) in [6.07, 6.45) is 2.58. The van der Waals surface area contributed by atoms with Crippen molar-refractivity contribution in [3.8, 4) is 11.5 Å². The maximum atomic E-state index is 12.5. The molecule has 2 rings (SSSR count). The second-order valence-electron chi connectivity index (χ2n) is 4.73. The smallest absolute Gasteiger partial charge is 0.258 e. The van der Waals surface area contributed by atoms with Crippen LogP contribution in [0.3, 0.4) is 0 Å². The van der Waals surface area contributed by atoms with E-state index in [1.807, 2.05) is 13.0 Å². The number of nitrogens with zero attached hydrogens (tertiary/aromatic N) is 1. The van der Waals surface area contributed by atoms with Crippen molar-refractivity contribution < 1.29 is 9.47 Å². The molecule has 0 spiro atoms. The van der Waals surface area contributed by atoms with E-state index in [4.69, 9.17) is 15.2 Å². The molecule has 0 saturated carbocycles. The maximum Gasteiger partial charge on any atom is 0.258 e. The number of fused-ring (bicyclic) bond motifs is 1. The van der Waals surface area contributed by atoms with Crippen molar-refractivity contribution in [3.05, 3.63) is 34.7 Å². The first-order valence-corrected chi connectivity index (χ1v) is 6.61. The van der Waals surface area contributed by atoms with Crippen LogP contribution < -0.4 is 20.8 Å². The van der Waals surface area contributed by atoms with Gasteiger partial charge in [0.05, 0.1) is 19.6 Å². The molecule has 1 aromatic heterocycles. The summed E-state index contributed by atoms with van der Waals surface area (Å²) in [5, 5.41) is 1.35. The highest BCUT2D eigenvalue weighted by Gasteiger charge is 2.11. The summed E-state index contributed by atoms with van der Waals surface area (Å²) in [5.74, 6) is 1.23. The number of pyridine rings is 1. The van der Waals surface area contributed by atoms with Gasteiger partial charge in [-0.05, 0) is 18.6 Å². The lowest BCUT2D eigenvalue weighted by Crippen LogP contribution is -2.31. The molecule has 0 bridgehead atoms. The van der Waals surface area contributed by atoms with E-state index in [1.54, 1.807) is 37.1 Å². The minimum Gasteiger partial charge on any atom is -0.497 e. The zero-order valence-corrected chi connectivity index (χ0v) is 12.1. The lowest BCUT2D eigenvalue weighted by molar-refractivity contribution is 0.397. The van der Waals surface area contributed by atoms with Crippen molar-refractivity contribution in [3.63, 3.8) is 0 Å². The van der Waals surface area contributed by atoms with Gasteiger partial charge in [0.25, 0.3) is 5.56 Å². The molecule has 5 nitrogen and oxygen atoms in total. The Kier molecular flexibility index (Phi) is 4.29. The molecular weight excluding hydrogens is 256 g/mol. The summed E-state index contributed by atoms with van der Waals surface area (Å²) < 4.78 is 12.2. The molecule has 1 aromatic carbocycles. The zero-order valence-electron chi connectivity index (χ0n) is 12.1. The van der Waals surface area contributed by atoms with E-state index in [-0.39, 0.29) is 11.6 Å². The Morgan fingerprint density at radius 1 is 1.25 bits per heavy atom. The van der Waals surface area contributed by atoms with Gasteiger partial charge in [-0.3, -0.25) is 4.79 Å². The Morgan fingerprint density at radius 2 is 2.00 bits per heavy atom. The van der Waals surface area contributed by atoms with Gasteiger partial charge in [0, 0.05) is 30.2 Å². The SMILES string of the molecule is CCC(N)Cn1ccc2c(OC)cc(OC)cc2c1=O. The molecule has 1 heterocycles. The Hall–Kier alpha value is -2.01. The maximum absolute atomic E-state index is 12.5. The van der Waals surface area contributed by atoms with E-state index in [1.165, 1.54) is 0 Å². The van der Waals surface area contributed by atoms with Crippen molar-refractivity contribution in [1.82, 2.24) is 4.57 Å². The number of hydrogen-bond donors (Lipinski definition) is 1. The van der Waals surface area contributed by atoms with Crippen LogP contribution in [0.25, 0.3) is 10.8 Å². The fourth-order valence-corrected chi connectivity index (χ4v) is 2.15. The first-order valence-electron chi connectivity index (χ1n) is 6.61. The number of methoxy groups -OCH3 is 2. The zero-order chi connectivity index (χ0) is 14.7. The quantitative estimate of drug-likeness (QED) is 0.903. The van der Waals surface area contributed by atoms with Crippen LogP contribution in [0.4, 0.5) is 0 Å². The highest BCUT2D eigenvalue weighted by Crippen LogP contribution is 2.29. The fourth-order valence-electron chi connectivity index (χ4n) is 2.15. The van der Waals surface area contributed by atoms with Crippen molar-refractivity contribution in [2.24, 2.45) is 5.73 Å². The molecule has 0 aliphatic heterocycles. The number of ether oxygens (including phenoxy) is 2. The second kappa shape index (κ2) is 5.96. The molecule has 0 aliphatic rings. The van der Waals surface area contributed by atoms with E-state index in [0.29, 0.717) is 23.4 Å². The lowest BCUT2D eigenvalue weighted by atomic mass is 10.1. The van der Waals surface area contributed by atoms with Gasteiger partial charge in [-0.1, -0.05) is 6.92 Å². The predicted octanol–water partition coefficient (Wildman–Crippen LogP) is 1.76. The number of rotatable bonds is 5. The molecule has 0 aliphatic carbocycles. The third-order valence-corrected chi connectivity index (χ3v) is 3.44. The monoisotopic (exact) mass is 276 g/mol. The Bertz CT molecular complexity index is 664. The number of benzene rings is 1. The molecule has 20 heavy (non-hydrogen) atoms. The molecule has 2 N–H and O–H groups in total. The number of aromatic nitrogens is 1. The van der Waals surface area contributed by atoms with Crippen LogP contribution in [-0.4, -0.2) is 24.8 Å². The third kappa shape index (κ3) is 2.63. The average molecular weight is 276 g/mol. The first kappa shape index (κ1) is 14.4. The molecule has 0 radical (unpaired) electrons. The molecule has 0 fully saturated rings. The van der Waals surface area contributed by atoms with E-state index < -0.39 is 0 Å². The summed E-state index contributed by atoms with van der Waals surface area (Å²) in [4.78, 5) is 12.5. The fraction of sp³-hybridized carbons (Fsp3) is 0.400. The summed E-state index contributed by atoms with van der Waals surface area (Å²) in [7, 11) is 3.14. The summed E-state index contributed by atoms with van der Waals surface area (Å²) in [6, 6.07) is 5.34. The number of hydrogen-bond acceptors (Lipinski definition) is 4. The Balaban J connectivity index is 2.62. The van der Waals surface area contributed by atoms with Gasteiger partial charge >= 0.3 is 0 Å². The average Bonchev–Trinajstić information content (AvgIpc) is 2.48. The third-order valence-electron chi connectivity index (χ3n) is 3.44. The van der Waals surface area contributed by atoms with Gasteiger partial charge in [-0.2, -0.15) is 0 Å². The minimum atomic E-state index is -0.0800. The normalized spacial score (nSPS) is 12.4. The highest BCUT2D eigenvalue weighted by molar-refractivity contribution is 5.89. The topological polar surface area (TPSA) is 66.5 Å². The first-order chi connectivity index (χ1) is 9.60.